The molecule has 0 amide bonds. The molecular weight excluding hydrogens is 345 g/mol. The van der Waals surface area contributed by atoms with E-state index in [4.69, 9.17) is 15.6 Å². The van der Waals surface area contributed by atoms with Crippen LogP contribution in [0.15, 0.2) is 29.3 Å². The van der Waals surface area contributed by atoms with Crippen LogP contribution in [0.3, 0.4) is 0 Å². The fourth-order valence-electron chi connectivity index (χ4n) is 1.24. The van der Waals surface area contributed by atoms with E-state index in [1.54, 1.807) is 7.11 Å². The number of guanidine groups is 1. The summed E-state index contributed by atoms with van der Waals surface area (Å²) in [4.78, 5) is 4.13. The Morgan fingerprint density at radius 2 is 2.17 bits per heavy atom. The van der Waals surface area contributed by atoms with Crippen molar-refractivity contribution in [2.45, 2.75) is 6.92 Å². The van der Waals surface area contributed by atoms with Crippen LogP contribution in [0.25, 0.3) is 0 Å². The Kier molecular flexibility index (Phi) is 8.47. The number of aliphatic hydroxyl groups is 1. The van der Waals surface area contributed by atoms with Gasteiger partial charge in [-0.15, -0.1) is 24.0 Å². The molecule has 0 heterocycles. The minimum atomic E-state index is 0. The SMILES string of the molecule is COc1ccccc1NC(N)=NCC(C)CO.I. The number of nitrogens with two attached hydrogens (primary N) is 1. The molecule has 1 unspecified atom stereocenters. The molecule has 4 N–H and O–H groups in total. The molecule has 102 valence electrons. The first-order valence-electron chi connectivity index (χ1n) is 5.48. The second kappa shape index (κ2) is 8.98. The molecule has 0 saturated carbocycles. The number of nitrogens with one attached hydrogen (secondary N) is 1. The van der Waals surface area contributed by atoms with Crippen molar-refractivity contribution in [3.63, 3.8) is 0 Å². The summed E-state index contributed by atoms with van der Waals surface area (Å²) in [6.45, 7) is 2.50. The number of anilines is 1. The second-order valence-corrected chi connectivity index (χ2v) is 3.84. The van der Waals surface area contributed by atoms with E-state index in [2.05, 4.69) is 10.3 Å². The van der Waals surface area contributed by atoms with Crippen LogP contribution in [0.1, 0.15) is 6.92 Å². The monoisotopic (exact) mass is 365 g/mol. The molecule has 1 atom stereocenters. The number of rotatable bonds is 5. The minimum Gasteiger partial charge on any atom is -0.495 e. The zero-order chi connectivity index (χ0) is 12.7. The highest BCUT2D eigenvalue weighted by Crippen LogP contribution is 2.22. The molecule has 0 aliphatic heterocycles. The zero-order valence-corrected chi connectivity index (χ0v) is 12.9. The maximum Gasteiger partial charge on any atom is 0.193 e. The van der Waals surface area contributed by atoms with Gasteiger partial charge in [-0.05, 0) is 18.1 Å². The molecular formula is C12H20IN3O2. The number of aliphatic imine (C=N–C) groups is 1. The molecule has 0 radical (unpaired) electrons. The fraction of sp³-hybridized carbons (Fsp3) is 0.417. The van der Waals surface area contributed by atoms with Crippen LogP contribution in [-0.2, 0) is 0 Å². The highest BCUT2D eigenvalue weighted by molar-refractivity contribution is 14.0. The number of para-hydroxylation sites is 2. The average Bonchev–Trinajstić information content (AvgIpc) is 2.36. The van der Waals surface area contributed by atoms with Gasteiger partial charge < -0.3 is 20.9 Å². The molecule has 5 nitrogen and oxygen atoms in total. The van der Waals surface area contributed by atoms with E-state index in [1.165, 1.54) is 0 Å². The largest absolute Gasteiger partial charge is 0.495 e. The van der Waals surface area contributed by atoms with Gasteiger partial charge >= 0.3 is 0 Å². The summed E-state index contributed by atoms with van der Waals surface area (Å²) in [5, 5.41) is 11.8. The van der Waals surface area contributed by atoms with Gasteiger partial charge in [-0.3, -0.25) is 4.99 Å². The van der Waals surface area contributed by atoms with Crippen LogP contribution < -0.4 is 15.8 Å². The number of hydrogen-bond donors (Lipinski definition) is 3. The normalized spacial score (nSPS) is 12.5. The van der Waals surface area contributed by atoms with Crippen molar-refractivity contribution in [1.29, 1.82) is 0 Å². The molecule has 0 spiro atoms. The van der Waals surface area contributed by atoms with Crippen molar-refractivity contribution < 1.29 is 9.84 Å². The summed E-state index contributed by atoms with van der Waals surface area (Å²) in [6.07, 6.45) is 0. The summed E-state index contributed by atoms with van der Waals surface area (Å²) in [7, 11) is 1.60. The standard InChI is InChI=1S/C12H19N3O2.HI/c1-9(8-16)7-14-12(13)15-10-5-3-4-6-11(10)17-2;/h3-6,9,16H,7-8H2,1-2H3,(H3,13,14,15);1H. The average molecular weight is 365 g/mol. The molecule has 0 saturated heterocycles. The van der Waals surface area contributed by atoms with E-state index in [1.807, 2.05) is 31.2 Å². The Morgan fingerprint density at radius 3 is 2.78 bits per heavy atom. The van der Waals surface area contributed by atoms with Crippen molar-refractivity contribution in [1.82, 2.24) is 0 Å². The molecule has 1 rings (SSSR count). The third-order valence-corrected chi connectivity index (χ3v) is 2.25. The Balaban J connectivity index is 0.00000289. The van der Waals surface area contributed by atoms with Crippen LogP contribution in [0.2, 0.25) is 0 Å². The number of benzene rings is 1. The fourth-order valence-corrected chi connectivity index (χ4v) is 1.24. The van der Waals surface area contributed by atoms with Gasteiger partial charge in [-0.1, -0.05) is 19.1 Å². The third kappa shape index (κ3) is 5.54. The Morgan fingerprint density at radius 1 is 1.50 bits per heavy atom. The Hall–Kier alpha value is -1.02. The summed E-state index contributed by atoms with van der Waals surface area (Å²) >= 11 is 0. The second-order valence-electron chi connectivity index (χ2n) is 3.84. The Bertz CT molecular complexity index is 385. The third-order valence-electron chi connectivity index (χ3n) is 2.25. The van der Waals surface area contributed by atoms with E-state index < -0.39 is 0 Å². The highest BCUT2D eigenvalue weighted by Gasteiger charge is 2.03. The lowest BCUT2D eigenvalue weighted by atomic mass is 10.2. The predicted octanol–water partition coefficient (Wildman–Crippen LogP) is 1.67. The maximum atomic E-state index is 8.87. The number of ether oxygens (including phenoxy) is 1. The van der Waals surface area contributed by atoms with Gasteiger partial charge in [0, 0.05) is 13.2 Å². The van der Waals surface area contributed by atoms with Gasteiger partial charge in [-0.2, -0.15) is 0 Å². The Labute approximate surface area is 124 Å². The smallest absolute Gasteiger partial charge is 0.193 e. The first-order chi connectivity index (χ1) is 8.17. The van der Waals surface area contributed by atoms with Crippen molar-refractivity contribution >= 4 is 35.6 Å². The van der Waals surface area contributed by atoms with Gasteiger partial charge in [0.15, 0.2) is 5.96 Å². The summed E-state index contributed by atoms with van der Waals surface area (Å²) in [5.74, 6) is 1.13. The lowest BCUT2D eigenvalue weighted by molar-refractivity contribution is 0.242. The molecule has 0 aromatic heterocycles. The van der Waals surface area contributed by atoms with Gasteiger partial charge in [0.05, 0.1) is 12.8 Å². The molecule has 0 fully saturated rings. The van der Waals surface area contributed by atoms with E-state index in [0.717, 1.165) is 5.69 Å². The van der Waals surface area contributed by atoms with Crippen molar-refractivity contribution in [2.75, 3.05) is 25.6 Å². The first kappa shape index (κ1) is 17.0. The summed E-state index contributed by atoms with van der Waals surface area (Å²) < 4.78 is 5.18. The van der Waals surface area contributed by atoms with Crippen LogP contribution in [0.5, 0.6) is 5.75 Å². The van der Waals surface area contributed by atoms with Gasteiger partial charge in [0.2, 0.25) is 0 Å². The van der Waals surface area contributed by atoms with E-state index in [-0.39, 0.29) is 36.5 Å². The summed E-state index contributed by atoms with van der Waals surface area (Å²) in [5.41, 5.74) is 6.51. The zero-order valence-electron chi connectivity index (χ0n) is 10.6. The van der Waals surface area contributed by atoms with Crippen molar-refractivity contribution in [3.8, 4) is 5.75 Å². The van der Waals surface area contributed by atoms with Crippen LogP contribution in [0, 0.1) is 5.92 Å². The summed E-state index contributed by atoms with van der Waals surface area (Å²) in [6, 6.07) is 7.46. The number of nitrogens with zero attached hydrogens (tertiary/aromatic N) is 1. The lowest BCUT2D eigenvalue weighted by Gasteiger charge is -2.10. The van der Waals surface area contributed by atoms with E-state index in [0.29, 0.717) is 18.3 Å². The molecule has 0 aliphatic carbocycles. The number of hydrogen-bond acceptors (Lipinski definition) is 3. The first-order valence-corrected chi connectivity index (χ1v) is 5.48. The van der Waals surface area contributed by atoms with Crippen molar-refractivity contribution in [3.05, 3.63) is 24.3 Å². The maximum absolute atomic E-state index is 8.87. The van der Waals surface area contributed by atoms with Gasteiger partial charge in [0.25, 0.3) is 0 Å². The quantitative estimate of drug-likeness (QED) is 0.421. The van der Waals surface area contributed by atoms with E-state index in [9.17, 15) is 0 Å². The van der Waals surface area contributed by atoms with Gasteiger partial charge in [0.1, 0.15) is 5.75 Å². The van der Waals surface area contributed by atoms with Crippen LogP contribution in [0.4, 0.5) is 5.69 Å². The molecule has 1 aromatic carbocycles. The lowest BCUT2D eigenvalue weighted by Crippen LogP contribution is -2.24. The molecule has 18 heavy (non-hydrogen) atoms. The van der Waals surface area contributed by atoms with Crippen LogP contribution in [-0.4, -0.2) is 31.3 Å². The van der Waals surface area contributed by atoms with Crippen molar-refractivity contribution in [2.24, 2.45) is 16.6 Å². The highest BCUT2D eigenvalue weighted by atomic mass is 127. The number of aliphatic hydroxyl groups excluding tert-OH is 1. The van der Waals surface area contributed by atoms with Gasteiger partial charge in [-0.25, -0.2) is 0 Å². The molecule has 0 aliphatic rings. The predicted molar refractivity (Wildman–Crippen MR) is 84.8 cm³/mol. The number of halogens is 1. The molecule has 1 aromatic rings. The van der Waals surface area contributed by atoms with E-state index >= 15 is 0 Å². The van der Waals surface area contributed by atoms with Crippen LogP contribution >= 0.6 is 24.0 Å². The molecule has 0 bridgehead atoms. The number of methoxy groups -OCH3 is 1. The topological polar surface area (TPSA) is 79.9 Å². The minimum absolute atomic E-state index is 0. The molecule has 6 heteroatoms.